The smallest absolute Gasteiger partial charge is 0.276 e. The number of likely N-dealkylation sites (tertiary alicyclic amines) is 1. The quantitative estimate of drug-likeness (QED) is 0.908. The number of nitrogens with zero attached hydrogens (tertiary/aromatic N) is 4. The number of hydrogen-bond acceptors (Lipinski definition) is 4. The van der Waals surface area contributed by atoms with Crippen LogP contribution in [0.4, 0.5) is 4.39 Å². The van der Waals surface area contributed by atoms with Crippen molar-refractivity contribution in [3.8, 4) is 5.69 Å². The van der Waals surface area contributed by atoms with Crippen molar-refractivity contribution in [1.82, 2.24) is 25.2 Å². The van der Waals surface area contributed by atoms with Crippen LogP contribution >= 0.6 is 0 Å². The lowest BCUT2D eigenvalue weighted by Crippen LogP contribution is -2.45. The van der Waals surface area contributed by atoms with Gasteiger partial charge in [0.05, 0.1) is 17.8 Å². The van der Waals surface area contributed by atoms with Crippen molar-refractivity contribution in [2.75, 3.05) is 19.6 Å². The number of halogens is 1. The fraction of sp³-hybridized carbons (Fsp3) is 0.412. The van der Waals surface area contributed by atoms with E-state index in [0.29, 0.717) is 25.3 Å². The molecule has 25 heavy (non-hydrogen) atoms. The second-order valence-electron chi connectivity index (χ2n) is 5.98. The fourth-order valence-electron chi connectivity index (χ4n) is 2.92. The molecule has 1 aliphatic rings. The highest BCUT2D eigenvalue weighted by molar-refractivity contribution is 5.92. The van der Waals surface area contributed by atoms with E-state index in [4.69, 9.17) is 0 Å². The molecular formula is C17H20FN5O2. The summed E-state index contributed by atoms with van der Waals surface area (Å²) < 4.78 is 13.0. The lowest BCUT2D eigenvalue weighted by Gasteiger charge is -2.31. The van der Waals surface area contributed by atoms with E-state index in [0.717, 1.165) is 12.8 Å². The van der Waals surface area contributed by atoms with Crippen molar-refractivity contribution < 1.29 is 14.0 Å². The summed E-state index contributed by atoms with van der Waals surface area (Å²) >= 11 is 0. The largest absolute Gasteiger partial charge is 0.356 e. The molecule has 3 rings (SSSR count). The van der Waals surface area contributed by atoms with Gasteiger partial charge in [-0.05, 0) is 44.0 Å². The highest BCUT2D eigenvalue weighted by Crippen LogP contribution is 2.18. The van der Waals surface area contributed by atoms with Crippen LogP contribution in [0.3, 0.4) is 0 Å². The van der Waals surface area contributed by atoms with Gasteiger partial charge in [-0.3, -0.25) is 9.59 Å². The van der Waals surface area contributed by atoms with E-state index >= 15 is 0 Å². The summed E-state index contributed by atoms with van der Waals surface area (Å²) in [5, 5.41) is 11.1. The standard InChI is InChI=1S/C17H20FN5O2/c1-2-19-16(24)12-4-3-9-22(11-12)17(25)15-10-20-23(21-15)14-7-5-13(18)6-8-14/h5-8,10,12H,2-4,9,11H2,1H3,(H,19,24)/t12-/m0/s1. The van der Waals surface area contributed by atoms with E-state index in [1.807, 2.05) is 6.92 Å². The molecule has 0 saturated carbocycles. The van der Waals surface area contributed by atoms with Gasteiger partial charge in [0.2, 0.25) is 5.91 Å². The van der Waals surface area contributed by atoms with Gasteiger partial charge in [0.1, 0.15) is 5.82 Å². The molecule has 132 valence electrons. The molecule has 1 saturated heterocycles. The van der Waals surface area contributed by atoms with Gasteiger partial charge in [-0.15, -0.1) is 5.10 Å². The van der Waals surface area contributed by atoms with Crippen LogP contribution in [0.15, 0.2) is 30.5 Å². The Bertz CT molecular complexity index is 759. The third-order valence-electron chi connectivity index (χ3n) is 4.20. The zero-order chi connectivity index (χ0) is 17.8. The Morgan fingerprint density at radius 3 is 2.80 bits per heavy atom. The summed E-state index contributed by atoms with van der Waals surface area (Å²) in [7, 11) is 0. The van der Waals surface area contributed by atoms with E-state index in [2.05, 4.69) is 15.5 Å². The van der Waals surface area contributed by atoms with E-state index < -0.39 is 0 Å². The Balaban J connectivity index is 1.70. The molecular weight excluding hydrogens is 325 g/mol. The van der Waals surface area contributed by atoms with Crippen LogP contribution < -0.4 is 5.32 Å². The topological polar surface area (TPSA) is 80.1 Å². The van der Waals surface area contributed by atoms with Crippen molar-refractivity contribution in [2.45, 2.75) is 19.8 Å². The van der Waals surface area contributed by atoms with Crippen molar-refractivity contribution in [1.29, 1.82) is 0 Å². The van der Waals surface area contributed by atoms with Crippen LogP contribution in [-0.4, -0.2) is 51.3 Å². The number of aromatic nitrogens is 3. The van der Waals surface area contributed by atoms with Crippen LogP contribution in [-0.2, 0) is 4.79 Å². The number of amides is 2. The molecule has 2 amide bonds. The highest BCUT2D eigenvalue weighted by Gasteiger charge is 2.29. The Morgan fingerprint density at radius 1 is 1.32 bits per heavy atom. The number of piperidine rings is 1. The van der Waals surface area contributed by atoms with Gasteiger partial charge in [-0.1, -0.05) is 0 Å². The summed E-state index contributed by atoms with van der Waals surface area (Å²) in [6.07, 6.45) is 2.94. The molecule has 1 N–H and O–H groups in total. The predicted molar refractivity (Wildman–Crippen MR) is 88.6 cm³/mol. The molecule has 1 atom stereocenters. The van der Waals surface area contributed by atoms with Gasteiger partial charge in [0, 0.05) is 19.6 Å². The molecule has 0 aliphatic carbocycles. The lowest BCUT2D eigenvalue weighted by atomic mass is 9.97. The SMILES string of the molecule is CCNC(=O)[C@H]1CCCN(C(=O)c2cnn(-c3ccc(F)cc3)n2)C1. The number of benzene rings is 1. The van der Waals surface area contributed by atoms with E-state index in [-0.39, 0.29) is 29.2 Å². The molecule has 0 unspecified atom stereocenters. The summed E-state index contributed by atoms with van der Waals surface area (Å²) in [4.78, 5) is 27.6. The number of hydrogen-bond donors (Lipinski definition) is 1. The van der Waals surface area contributed by atoms with E-state index in [9.17, 15) is 14.0 Å². The van der Waals surface area contributed by atoms with Crippen molar-refractivity contribution in [3.05, 3.63) is 42.0 Å². The monoisotopic (exact) mass is 345 g/mol. The third kappa shape index (κ3) is 3.84. The highest BCUT2D eigenvalue weighted by atomic mass is 19.1. The first kappa shape index (κ1) is 17.1. The molecule has 1 aromatic carbocycles. The summed E-state index contributed by atoms with van der Waals surface area (Å²) in [5.74, 6) is -0.806. The zero-order valence-corrected chi connectivity index (χ0v) is 14.0. The number of rotatable bonds is 4. The van der Waals surface area contributed by atoms with Gasteiger partial charge >= 0.3 is 0 Å². The summed E-state index contributed by atoms with van der Waals surface area (Å²) in [6, 6.07) is 5.69. The van der Waals surface area contributed by atoms with Crippen molar-refractivity contribution in [2.24, 2.45) is 5.92 Å². The molecule has 8 heteroatoms. The van der Waals surface area contributed by atoms with Gasteiger partial charge in [0.25, 0.3) is 5.91 Å². The maximum atomic E-state index is 13.0. The van der Waals surface area contributed by atoms with Crippen LogP contribution in [0.1, 0.15) is 30.3 Å². The molecule has 1 aromatic heterocycles. The van der Waals surface area contributed by atoms with Crippen LogP contribution in [0.25, 0.3) is 5.69 Å². The molecule has 2 heterocycles. The van der Waals surface area contributed by atoms with Gasteiger partial charge < -0.3 is 10.2 Å². The maximum Gasteiger partial charge on any atom is 0.276 e. The molecule has 0 spiro atoms. The van der Waals surface area contributed by atoms with Crippen molar-refractivity contribution in [3.63, 3.8) is 0 Å². The minimum Gasteiger partial charge on any atom is -0.356 e. The van der Waals surface area contributed by atoms with Crippen LogP contribution in [0.5, 0.6) is 0 Å². The molecule has 1 aliphatic heterocycles. The fourth-order valence-corrected chi connectivity index (χ4v) is 2.92. The minimum absolute atomic E-state index is 0.0185. The van der Waals surface area contributed by atoms with Crippen LogP contribution in [0.2, 0.25) is 0 Å². The Hall–Kier alpha value is -2.77. The number of carbonyl (C=O) groups excluding carboxylic acids is 2. The lowest BCUT2D eigenvalue weighted by molar-refractivity contribution is -0.126. The maximum absolute atomic E-state index is 13.0. The molecule has 0 radical (unpaired) electrons. The average molecular weight is 345 g/mol. The first-order valence-corrected chi connectivity index (χ1v) is 8.33. The summed E-state index contributed by atoms with van der Waals surface area (Å²) in [5.41, 5.74) is 0.778. The van der Waals surface area contributed by atoms with E-state index in [1.54, 1.807) is 4.90 Å². The second kappa shape index (κ2) is 7.42. The average Bonchev–Trinajstić information content (AvgIpc) is 3.12. The molecule has 0 bridgehead atoms. The van der Waals surface area contributed by atoms with Crippen LogP contribution in [0, 0.1) is 11.7 Å². The normalized spacial score (nSPS) is 17.4. The predicted octanol–water partition coefficient (Wildman–Crippen LogP) is 1.39. The molecule has 2 aromatic rings. The van der Waals surface area contributed by atoms with Gasteiger partial charge in [-0.25, -0.2) is 4.39 Å². The molecule has 7 nitrogen and oxygen atoms in total. The Morgan fingerprint density at radius 2 is 2.08 bits per heavy atom. The molecule has 1 fully saturated rings. The first-order valence-electron chi connectivity index (χ1n) is 8.33. The minimum atomic E-state index is -0.350. The second-order valence-corrected chi connectivity index (χ2v) is 5.98. The van der Waals surface area contributed by atoms with Gasteiger partial charge in [-0.2, -0.15) is 9.90 Å². The third-order valence-corrected chi connectivity index (χ3v) is 4.20. The number of carbonyl (C=O) groups is 2. The number of nitrogens with one attached hydrogen (secondary N) is 1. The van der Waals surface area contributed by atoms with Gasteiger partial charge in [0.15, 0.2) is 5.69 Å². The Kier molecular flexibility index (Phi) is 5.06. The summed E-state index contributed by atoms with van der Waals surface area (Å²) in [6.45, 7) is 3.43. The first-order chi connectivity index (χ1) is 12.1. The van der Waals surface area contributed by atoms with E-state index in [1.165, 1.54) is 35.3 Å². The Labute approximate surface area is 144 Å². The zero-order valence-electron chi connectivity index (χ0n) is 14.0. The van der Waals surface area contributed by atoms with Crippen molar-refractivity contribution >= 4 is 11.8 Å².